The van der Waals surface area contributed by atoms with E-state index in [1.807, 2.05) is 12.1 Å². The number of fused-ring (bicyclic) bond motifs is 3. The Labute approximate surface area is 255 Å². The van der Waals surface area contributed by atoms with Crippen molar-refractivity contribution in [2.45, 2.75) is 0 Å². The van der Waals surface area contributed by atoms with Crippen LogP contribution in [-0.4, -0.2) is 29.5 Å². The van der Waals surface area contributed by atoms with Crippen LogP contribution in [-0.2, 0) is 0 Å². The van der Waals surface area contributed by atoms with E-state index in [0.717, 1.165) is 27.8 Å². The van der Waals surface area contributed by atoms with Gasteiger partial charge in [0.2, 0.25) is 0 Å². The van der Waals surface area contributed by atoms with Crippen LogP contribution in [0.2, 0.25) is 0 Å². The summed E-state index contributed by atoms with van der Waals surface area (Å²) in [5, 5.41) is 2.61. The van der Waals surface area contributed by atoms with Crippen LogP contribution in [0.1, 0.15) is 0 Å². The first kappa shape index (κ1) is 25.6. The zero-order chi connectivity index (χ0) is 28.6. The first-order valence-electron chi connectivity index (χ1n) is 14.3. The molecule has 0 aliphatic heterocycles. The van der Waals surface area contributed by atoms with Gasteiger partial charge in [-0.05, 0) is 0 Å². The van der Waals surface area contributed by atoms with Gasteiger partial charge < -0.3 is 0 Å². The zero-order valence-corrected chi connectivity index (χ0v) is 24.9. The molecule has 8 rings (SSSR count). The van der Waals surface area contributed by atoms with Crippen LogP contribution in [0, 0.1) is 0 Å². The van der Waals surface area contributed by atoms with Gasteiger partial charge >= 0.3 is 245 Å². The normalized spacial score (nSPS) is 11.3. The van der Waals surface area contributed by atoms with Gasteiger partial charge in [-0.25, -0.2) is 0 Å². The Balaban J connectivity index is 1.28. The Bertz CT molecular complexity index is 2100. The van der Waals surface area contributed by atoms with Gasteiger partial charge in [0, 0.05) is 0 Å². The van der Waals surface area contributed by atoms with Crippen molar-refractivity contribution < 1.29 is 0 Å². The first-order chi connectivity index (χ1) is 21.3. The molecule has 0 amide bonds. The van der Waals surface area contributed by atoms with Crippen LogP contribution < -0.4 is 0 Å². The van der Waals surface area contributed by atoms with Gasteiger partial charge in [0.05, 0.1) is 0 Å². The number of aromatic nitrogens is 3. The average molecular weight is 615 g/mol. The topological polar surface area (TPSA) is 38.7 Å². The third kappa shape index (κ3) is 4.87. The maximum atomic E-state index is 5.10. The third-order valence-corrected chi connectivity index (χ3v) is 10.3. The van der Waals surface area contributed by atoms with Crippen LogP contribution in [0.15, 0.2) is 152 Å². The molecule has 4 heteroatoms. The van der Waals surface area contributed by atoms with Gasteiger partial charge in [0.1, 0.15) is 0 Å². The summed E-state index contributed by atoms with van der Waals surface area (Å²) in [4.78, 5) is 15.2. The second-order valence-corrected chi connectivity index (χ2v) is 12.7. The van der Waals surface area contributed by atoms with Crippen LogP contribution in [0.3, 0.4) is 0 Å². The van der Waals surface area contributed by atoms with Crippen LogP contribution >= 0.6 is 0 Å². The fourth-order valence-electron chi connectivity index (χ4n) is 5.56. The van der Waals surface area contributed by atoms with Crippen molar-refractivity contribution in [1.29, 1.82) is 0 Å². The molecule has 2 aromatic heterocycles. The van der Waals surface area contributed by atoms with Crippen molar-refractivity contribution >= 4 is 33.8 Å². The summed E-state index contributed by atoms with van der Waals surface area (Å²) in [7, 11) is 0. The monoisotopic (exact) mass is 615 g/mol. The van der Waals surface area contributed by atoms with Crippen molar-refractivity contribution in [1.82, 2.24) is 15.0 Å². The Morgan fingerprint density at radius 1 is 0.326 bits per heavy atom. The molecule has 0 spiro atoms. The van der Waals surface area contributed by atoms with Crippen molar-refractivity contribution in [2.75, 3.05) is 0 Å². The number of nitrogens with zero attached hydrogens (tertiary/aromatic N) is 3. The standard InChI is InChI=1S/C39H25N3Se/c1-3-10-26(11-4-1)28-18-22-30(23-19-28)37-40-38(31-24-20-29(21-25-31)27-12-5-2-6-13-27)42-39(41-37)34-16-9-15-33-32-14-7-8-17-35(32)43-36(33)34/h1-25H. The number of hydrogen-bond acceptors (Lipinski definition) is 3. The molecule has 2 heterocycles. The molecular weight excluding hydrogens is 589 g/mol. The van der Waals surface area contributed by atoms with E-state index in [-0.39, 0.29) is 14.5 Å². The summed E-state index contributed by atoms with van der Waals surface area (Å²) in [6, 6.07) is 53.1. The van der Waals surface area contributed by atoms with E-state index in [2.05, 4.69) is 140 Å². The van der Waals surface area contributed by atoms with Gasteiger partial charge in [-0.15, -0.1) is 0 Å². The fraction of sp³-hybridized carbons (Fsp3) is 0. The fourth-order valence-corrected chi connectivity index (χ4v) is 8.10. The summed E-state index contributed by atoms with van der Waals surface area (Å²) in [5.41, 5.74) is 7.71. The molecule has 0 aliphatic rings. The molecule has 0 unspecified atom stereocenters. The third-order valence-electron chi connectivity index (χ3n) is 7.78. The Kier molecular flexibility index (Phi) is 6.49. The predicted molar refractivity (Wildman–Crippen MR) is 179 cm³/mol. The molecule has 3 nitrogen and oxygen atoms in total. The van der Waals surface area contributed by atoms with Gasteiger partial charge in [0.15, 0.2) is 0 Å². The molecule has 0 N–H and O–H groups in total. The van der Waals surface area contributed by atoms with Crippen molar-refractivity contribution in [3.63, 3.8) is 0 Å². The molecule has 0 bridgehead atoms. The summed E-state index contributed by atoms with van der Waals surface area (Å²) in [6.45, 7) is 0. The first-order valence-corrected chi connectivity index (χ1v) is 16.0. The van der Waals surface area contributed by atoms with Gasteiger partial charge in [-0.3, -0.25) is 0 Å². The maximum absolute atomic E-state index is 5.10. The Hall–Kier alpha value is -5.15. The number of hydrogen-bond donors (Lipinski definition) is 0. The van der Waals surface area contributed by atoms with Crippen molar-refractivity contribution in [2.24, 2.45) is 0 Å². The van der Waals surface area contributed by atoms with E-state index in [1.165, 1.54) is 30.4 Å². The van der Waals surface area contributed by atoms with Crippen LogP contribution in [0.25, 0.3) is 75.7 Å². The summed E-state index contributed by atoms with van der Waals surface area (Å²) in [6.07, 6.45) is 0. The molecule has 8 aromatic rings. The second-order valence-electron chi connectivity index (χ2n) is 10.5. The minimum atomic E-state index is 0.185. The van der Waals surface area contributed by atoms with E-state index in [0.29, 0.717) is 17.5 Å². The molecule has 0 fully saturated rings. The van der Waals surface area contributed by atoms with Gasteiger partial charge in [-0.2, -0.15) is 0 Å². The van der Waals surface area contributed by atoms with E-state index >= 15 is 0 Å². The van der Waals surface area contributed by atoms with Crippen LogP contribution in [0.4, 0.5) is 0 Å². The second kappa shape index (κ2) is 10.9. The van der Waals surface area contributed by atoms with E-state index in [9.17, 15) is 0 Å². The summed E-state index contributed by atoms with van der Waals surface area (Å²) < 4.78 is 2.73. The van der Waals surface area contributed by atoms with Crippen molar-refractivity contribution in [3.8, 4) is 56.4 Å². The minimum absolute atomic E-state index is 0.185. The molecule has 0 saturated carbocycles. The number of benzene rings is 6. The molecule has 43 heavy (non-hydrogen) atoms. The Morgan fingerprint density at radius 2 is 0.767 bits per heavy atom. The molecule has 6 aromatic carbocycles. The van der Waals surface area contributed by atoms with E-state index in [4.69, 9.17) is 15.0 Å². The molecule has 0 aliphatic carbocycles. The molecule has 0 atom stereocenters. The van der Waals surface area contributed by atoms with E-state index in [1.54, 1.807) is 0 Å². The molecule has 202 valence electrons. The molecule has 0 saturated heterocycles. The number of rotatable bonds is 5. The average Bonchev–Trinajstić information content (AvgIpc) is 3.48. The predicted octanol–water partition coefficient (Wildman–Crippen LogP) is 9.57. The summed E-state index contributed by atoms with van der Waals surface area (Å²) >= 11 is 0.185. The van der Waals surface area contributed by atoms with Gasteiger partial charge in [0.25, 0.3) is 0 Å². The van der Waals surface area contributed by atoms with Crippen molar-refractivity contribution in [3.05, 3.63) is 152 Å². The van der Waals surface area contributed by atoms with E-state index < -0.39 is 0 Å². The molecule has 0 radical (unpaired) electrons. The molecular formula is C39H25N3Se. The van der Waals surface area contributed by atoms with Crippen LogP contribution in [0.5, 0.6) is 0 Å². The van der Waals surface area contributed by atoms with Gasteiger partial charge in [-0.1, -0.05) is 12.1 Å². The SMILES string of the molecule is c1ccc(-c2ccc(-c3nc(-c4ccc(-c5ccccc5)cc4)nc(-c4cccc5c4[se]c4ccccc45)n3)cc2)cc1. The summed E-state index contributed by atoms with van der Waals surface area (Å²) in [5.74, 6) is 2.06. The quantitative estimate of drug-likeness (QED) is 0.181. The zero-order valence-electron chi connectivity index (χ0n) is 23.2. The Morgan fingerprint density at radius 3 is 1.35 bits per heavy atom.